The van der Waals surface area contributed by atoms with Gasteiger partial charge in [0.1, 0.15) is 11.2 Å². The second kappa shape index (κ2) is 7.34. The lowest BCUT2D eigenvalue weighted by molar-refractivity contribution is 0.669. The van der Waals surface area contributed by atoms with Crippen LogP contribution in [0, 0.1) is 0 Å². The first-order valence-corrected chi connectivity index (χ1v) is 12.3. The molecule has 8 rings (SSSR count). The fraction of sp³-hybridized carbons (Fsp3) is 0. The molecule has 1 aromatic heterocycles. The molecule has 0 saturated carbocycles. The zero-order chi connectivity index (χ0) is 23.6. The Balaban J connectivity index is 1.49. The Kier molecular flexibility index (Phi) is 3.97. The van der Waals surface area contributed by atoms with E-state index in [1.165, 1.54) is 38.0 Å². The van der Waals surface area contributed by atoms with Crippen LogP contribution in [0.25, 0.3) is 54.3 Å². The Morgan fingerprint density at radius 3 is 2.00 bits per heavy atom. The molecule has 0 aliphatic rings. The van der Waals surface area contributed by atoms with Crippen molar-refractivity contribution in [2.24, 2.45) is 0 Å². The van der Waals surface area contributed by atoms with Crippen molar-refractivity contribution in [3.8, 4) is 0 Å². The summed E-state index contributed by atoms with van der Waals surface area (Å²) in [5.41, 5.74) is 5.22. The molecule has 0 saturated heterocycles. The number of hydrogen-bond donors (Lipinski definition) is 0. The Morgan fingerprint density at radius 2 is 1.11 bits per heavy atom. The molecule has 0 spiro atoms. The molecule has 7 aromatic carbocycles. The van der Waals surface area contributed by atoms with E-state index in [4.69, 9.17) is 4.42 Å². The molecule has 8 aromatic rings. The fourth-order valence-corrected chi connectivity index (χ4v) is 5.79. The minimum atomic E-state index is 0.905. The second-order valence-corrected chi connectivity index (χ2v) is 9.39. The van der Waals surface area contributed by atoms with Crippen molar-refractivity contribution in [1.29, 1.82) is 0 Å². The van der Waals surface area contributed by atoms with Gasteiger partial charge in [-0.15, -0.1) is 0 Å². The second-order valence-electron chi connectivity index (χ2n) is 9.39. The maximum Gasteiger partial charge on any atom is 0.135 e. The Hall–Kier alpha value is -4.82. The summed E-state index contributed by atoms with van der Waals surface area (Å²) in [6.45, 7) is 0. The molecule has 168 valence electrons. The normalized spacial score (nSPS) is 11.9. The van der Waals surface area contributed by atoms with Gasteiger partial charge in [-0.3, -0.25) is 0 Å². The number of para-hydroxylation sites is 2. The van der Waals surface area contributed by atoms with E-state index in [0.717, 1.165) is 33.3 Å². The Morgan fingerprint density at radius 1 is 0.417 bits per heavy atom. The third kappa shape index (κ3) is 2.73. The molecule has 0 fully saturated rings. The van der Waals surface area contributed by atoms with E-state index in [-0.39, 0.29) is 0 Å². The molecular weight excluding hydrogens is 438 g/mol. The summed E-state index contributed by atoms with van der Waals surface area (Å²) in [6.07, 6.45) is 0. The van der Waals surface area contributed by atoms with Crippen molar-refractivity contribution < 1.29 is 4.42 Å². The van der Waals surface area contributed by atoms with Crippen molar-refractivity contribution in [2.45, 2.75) is 0 Å². The van der Waals surface area contributed by atoms with Gasteiger partial charge in [0.05, 0.1) is 5.69 Å². The fourth-order valence-electron chi connectivity index (χ4n) is 5.79. The topological polar surface area (TPSA) is 16.4 Å². The highest BCUT2D eigenvalue weighted by Crippen LogP contribution is 2.45. The summed E-state index contributed by atoms with van der Waals surface area (Å²) in [5.74, 6) is 0. The third-order valence-corrected chi connectivity index (χ3v) is 7.36. The standard InChI is InChI=1S/C34H21NO/c1-2-11-25(12-3-1)35(26-18-19-32-29(21-26)27-13-4-5-15-31(27)36-32)30-20-24-10-6-8-22-16-17-23-9-7-14-28(30)34(23)33(22)24/h1-21H. The Labute approximate surface area is 207 Å². The molecule has 0 bridgehead atoms. The number of fused-ring (bicyclic) bond motifs is 3. The predicted octanol–water partition coefficient (Wildman–Crippen LogP) is 9.95. The van der Waals surface area contributed by atoms with Crippen LogP contribution in [0.3, 0.4) is 0 Å². The van der Waals surface area contributed by atoms with Crippen LogP contribution in [-0.4, -0.2) is 0 Å². The molecule has 2 heteroatoms. The zero-order valence-electron chi connectivity index (χ0n) is 19.5. The maximum absolute atomic E-state index is 6.14. The van der Waals surface area contributed by atoms with Crippen LogP contribution >= 0.6 is 0 Å². The van der Waals surface area contributed by atoms with Gasteiger partial charge in [-0.2, -0.15) is 0 Å². The van der Waals surface area contributed by atoms with Gasteiger partial charge in [-0.25, -0.2) is 0 Å². The number of anilines is 3. The number of hydrogen-bond acceptors (Lipinski definition) is 2. The molecule has 0 unspecified atom stereocenters. The maximum atomic E-state index is 6.14. The summed E-state index contributed by atoms with van der Waals surface area (Å²) in [4.78, 5) is 2.38. The summed E-state index contributed by atoms with van der Waals surface area (Å²) >= 11 is 0. The van der Waals surface area contributed by atoms with Crippen molar-refractivity contribution in [2.75, 3.05) is 4.90 Å². The summed E-state index contributed by atoms with van der Waals surface area (Å²) in [7, 11) is 0. The quantitative estimate of drug-likeness (QED) is 0.244. The molecule has 0 amide bonds. The van der Waals surface area contributed by atoms with Crippen molar-refractivity contribution >= 4 is 71.3 Å². The highest BCUT2D eigenvalue weighted by Gasteiger charge is 2.20. The van der Waals surface area contributed by atoms with E-state index in [1.807, 2.05) is 12.1 Å². The monoisotopic (exact) mass is 459 g/mol. The molecule has 36 heavy (non-hydrogen) atoms. The number of benzene rings is 7. The smallest absolute Gasteiger partial charge is 0.135 e. The van der Waals surface area contributed by atoms with Gasteiger partial charge in [-0.05, 0) is 69.4 Å². The molecule has 0 aliphatic heterocycles. The van der Waals surface area contributed by atoms with E-state index in [9.17, 15) is 0 Å². The first-order chi connectivity index (χ1) is 17.8. The first-order valence-electron chi connectivity index (χ1n) is 12.3. The van der Waals surface area contributed by atoms with Crippen molar-refractivity contribution in [3.63, 3.8) is 0 Å². The average Bonchev–Trinajstić information content (AvgIpc) is 3.31. The lowest BCUT2D eigenvalue weighted by atomic mass is 9.92. The lowest BCUT2D eigenvalue weighted by Crippen LogP contribution is -2.10. The molecule has 0 N–H and O–H groups in total. The molecular formula is C34H21NO. The summed E-state index contributed by atoms with van der Waals surface area (Å²) in [5, 5.41) is 9.96. The molecule has 2 nitrogen and oxygen atoms in total. The van der Waals surface area contributed by atoms with Gasteiger partial charge < -0.3 is 9.32 Å². The largest absolute Gasteiger partial charge is 0.456 e. The third-order valence-electron chi connectivity index (χ3n) is 7.36. The molecule has 0 aliphatic carbocycles. The van der Waals surface area contributed by atoms with Crippen LogP contribution in [0.5, 0.6) is 0 Å². The highest BCUT2D eigenvalue weighted by molar-refractivity contribution is 6.26. The van der Waals surface area contributed by atoms with Crippen molar-refractivity contribution in [3.05, 3.63) is 127 Å². The SMILES string of the molecule is c1ccc(N(c2ccc3oc4ccccc4c3c2)c2cc3cccc4ccc5cccc2c5c43)cc1. The van der Waals surface area contributed by atoms with E-state index >= 15 is 0 Å². The van der Waals surface area contributed by atoms with Gasteiger partial charge in [-0.1, -0.05) is 84.9 Å². The Bertz CT molecular complexity index is 2050. The average molecular weight is 460 g/mol. The molecule has 0 radical (unpaired) electrons. The van der Waals surface area contributed by atoms with Crippen LogP contribution < -0.4 is 4.90 Å². The molecule has 1 heterocycles. The van der Waals surface area contributed by atoms with E-state index in [1.54, 1.807) is 0 Å². The highest BCUT2D eigenvalue weighted by atomic mass is 16.3. The van der Waals surface area contributed by atoms with Gasteiger partial charge >= 0.3 is 0 Å². The van der Waals surface area contributed by atoms with E-state index in [2.05, 4.69) is 120 Å². The van der Waals surface area contributed by atoms with Crippen LogP contribution in [0.1, 0.15) is 0 Å². The minimum Gasteiger partial charge on any atom is -0.456 e. The van der Waals surface area contributed by atoms with Crippen LogP contribution in [-0.2, 0) is 0 Å². The van der Waals surface area contributed by atoms with Gasteiger partial charge in [0.25, 0.3) is 0 Å². The summed E-state index contributed by atoms with van der Waals surface area (Å²) < 4.78 is 6.14. The van der Waals surface area contributed by atoms with Gasteiger partial charge in [0, 0.05) is 27.5 Å². The van der Waals surface area contributed by atoms with Crippen LogP contribution in [0.4, 0.5) is 17.1 Å². The lowest BCUT2D eigenvalue weighted by Gasteiger charge is -2.28. The zero-order valence-corrected chi connectivity index (χ0v) is 19.5. The first kappa shape index (κ1) is 19.5. The van der Waals surface area contributed by atoms with E-state index in [0.29, 0.717) is 0 Å². The molecule has 0 atom stereocenters. The van der Waals surface area contributed by atoms with Gasteiger partial charge in [0.2, 0.25) is 0 Å². The van der Waals surface area contributed by atoms with Crippen LogP contribution in [0.15, 0.2) is 132 Å². The number of rotatable bonds is 3. The predicted molar refractivity (Wildman–Crippen MR) is 152 cm³/mol. The van der Waals surface area contributed by atoms with Gasteiger partial charge in [0.15, 0.2) is 0 Å². The minimum absolute atomic E-state index is 0.905. The number of nitrogens with zero attached hydrogens (tertiary/aromatic N) is 1. The number of furan rings is 1. The summed E-state index contributed by atoms with van der Waals surface area (Å²) in [6, 6.07) is 45.5. The van der Waals surface area contributed by atoms with Crippen LogP contribution in [0.2, 0.25) is 0 Å². The van der Waals surface area contributed by atoms with Crippen molar-refractivity contribution in [1.82, 2.24) is 0 Å². The van der Waals surface area contributed by atoms with E-state index < -0.39 is 0 Å².